The van der Waals surface area contributed by atoms with Gasteiger partial charge in [0.1, 0.15) is 0 Å². The van der Waals surface area contributed by atoms with Crippen LogP contribution in [0.1, 0.15) is 15.9 Å². The van der Waals surface area contributed by atoms with Crippen molar-refractivity contribution in [1.82, 2.24) is 4.98 Å². The third-order valence-electron chi connectivity index (χ3n) is 3.35. The molecule has 0 amide bonds. The molecule has 0 aliphatic rings. The van der Waals surface area contributed by atoms with Crippen LogP contribution in [0.2, 0.25) is 0 Å². The lowest BCUT2D eigenvalue weighted by Crippen LogP contribution is -2.05. The topological polar surface area (TPSA) is 30.0 Å². The number of halogens is 1. The summed E-state index contributed by atoms with van der Waals surface area (Å²) in [6, 6.07) is 12.1. The van der Waals surface area contributed by atoms with Crippen molar-refractivity contribution in [3.8, 4) is 0 Å². The fourth-order valence-corrected chi connectivity index (χ4v) is 2.75. The Kier molecular flexibility index (Phi) is 3.07. The number of benzene rings is 2. The molecule has 3 heteroatoms. The highest BCUT2D eigenvalue weighted by Gasteiger charge is 2.14. The Balaban J connectivity index is 2.47. The molecule has 0 fully saturated rings. The molecule has 0 aliphatic heterocycles. The molecule has 19 heavy (non-hydrogen) atoms. The molecule has 94 valence electrons. The second kappa shape index (κ2) is 4.74. The first-order chi connectivity index (χ1) is 9.22. The molecule has 2 nitrogen and oxygen atoms in total. The van der Waals surface area contributed by atoms with Crippen molar-refractivity contribution in [2.75, 3.05) is 5.33 Å². The molecular weight excluding hydrogens is 302 g/mol. The molecule has 0 aliphatic carbocycles. The number of rotatable bonds is 2. The summed E-state index contributed by atoms with van der Waals surface area (Å²) in [7, 11) is 0. The summed E-state index contributed by atoms with van der Waals surface area (Å²) in [4.78, 5) is 16.6. The van der Waals surface area contributed by atoms with Crippen LogP contribution in [0.4, 0.5) is 0 Å². The molecule has 0 radical (unpaired) electrons. The molecule has 2 aromatic carbocycles. The second-order valence-corrected chi connectivity index (χ2v) is 5.12. The summed E-state index contributed by atoms with van der Waals surface area (Å²) in [6.07, 6.45) is 1.78. The molecule has 0 saturated heterocycles. The van der Waals surface area contributed by atoms with E-state index in [1.54, 1.807) is 6.20 Å². The predicted molar refractivity (Wildman–Crippen MR) is 82.1 cm³/mol. The Labute approximate surface area is 119 Å². The maximum absolute atomic E-state index is 12.1. The van der Waals surface area contributed by atoms with Gasteiger partial charge in [-0.2, -0.15) is 0 Å². The van der Waals surface area contributed by atoms with Crippen molar-refractivity contribution in [3.05, 3.63) is 53.7 Å². The van der Waals surface area contributed by atoms with E-state index in [1.807, 2.05) is 37.3 Å². The number of aryl methyl sites for hydroxylation is 1. The molecule has 1 heterocycles. The largest absolute Gasteiger partial charge is 0.293 e. The van der Waals surface area contributed by atoms with E-state index in [0.717, 1.165) is 32.8 Å². The molecule has 0 N–H and O–H groups in total. The zero-order chi connectivity index (χ0) is 13.4. The molecule has 3 rings (SSSR count). The number of carbonyl (C=O) groups is 1. The Morgan fingerprint density at radius 1 is 1.16 bits per heavy atom. The Bertz CT molecular complexity index is 795. The molecule has 0 saturated carbocycles. The monoisotopic (exact) mass is 313 g/mol. The van der Waals surface area contributed by atoms with Gasteiger partial charge in [0, 0.05) is 22.5 Å². The van der Waals surface area contributed by atoms with E-state index in [-0.39, 0.29) is 5.78 Å². The molecule has 0 unspecified atom stereocenters. The highest BCUT2D eigenvalue weighted by molar-refractivity contribution is 9.09. The average Bonchev–Trinajstić information content (AvgIpc) is 2.46. The van der Waals surface area contributed by atoms with Crippen molar-refractivity contribution >= 4 is 43.4 Å². The van der Waals surface area contributed by atoms with Gasteiger partial charge in [-0.25, -0.2) is 0 Å². The Morgan fingerprint density at radius 3 is 2.74 bits per heavy atom. The SMILES string of the molecule is Cc1cnc2c(ccc3ccccc32)c1C(=O)CBr. The van der Waals surface area contributed by atoms with Crippen molar-refractivity contribution in [2.24, 2.45) is 0 Å². The van der Waals surface area contributed by atoms with Gasteiger partial charge < -0.3 is 0 Å². The number of aromatic nitrogens is 1. The molecule has 0 atom stereocenters. The molecule has 0 bridgehead atoms. The zero-order valence-electron chi connectivity index (χ0n) is 10.5. The molecule has 3 aromatic rings. The fraction of sp³-hybridized carbons (Fsp3) is 0.125. The van der Waals surface area contributed by atoms with Crippen LogP contribution in [0.3, 0.4) is 0 Å². The van der Waals surface area contributed by atoms with E-state index in [0.29, 0.717) is 5.33 Å². The van der Waals surface area contributed by atoms with Crippen molar-refractivity contribution in [3.63, 3.8) is 0 Å². The number of pyridine rings is 1. The van der Waals surface area contributed by atoms with Gasteiger partial charge in [-0.05, 0) is 17.9 Å². The number of hydrogen-bond acceptors (Lipinski definition) is 2. The van der Waals surface area contributed by atoms with E-state index < -0.39 is 0 Å². The lowest BCUT2D eigenvalue weighted by atomic mass is 9.98. The maximum Gasteiger partial charge on any atom is 0.174 e. The van der Waals surface area contributed by atoms with Gasteiger partial charge >= 0.3 is 0 Å². The fourth-order valence-electron chi connectivity index (χ4n) is 2.47. The van der Waals surface area contributed by atoms with Crippen LogP contribution < -0.4 is 0 Å². The van der Waals surface area contributed by atoms with Crippen LogP contribution >= 0.6 is 15.9 Å². The minimum absolute atomic E-state index is 0.0974. The van der Waals surface area contributed by atoms with Crippen molar-refractivity contribution in [2.45, 2.75) is 6.92 Å². The van der Waals surface area contributed by atoms with Crippen molar-refractivity contribution < 1.29 is 4.79 Å². The smallest absolute Gasteiger partial charge is 0.174 e. The van der Waals surface area contributed by atoms with Crippen molar-refractivity contribution in [1.29, 1.82) is 0 Å². The minimum Gasteiger partial charge on any atom is -0.293 e. The third-order valence-corrected chi connectivity index (χ3v) is 3.86. The maximum atomic E-state index is 12.1. The number of alkyl halides is 1. The van der Waals surface area contributed by atoms with Gasteiger partial charge in [-0.3, -0.25) is 9.78 Å². The molecule has 1 aromatic heterocycles. The highest BCUT2D eigenvalue weighted by Crippen LogP contribution is 2.28. The van der Waals surface area contributed by atoms with Gasteiger partial charge in [0.2, 0.25) is 0 Å². The quantitative estimate of drug-likeness (QED) is 0.401. The predicted octanol–water partition coefficient (Wildman–Crippen LogP) is 4.27. The summed E-state index contributed by atoms with van der Waals surface area (Å²) >= 11 is 3.25. The lowest BCUT2D eigenvalue weighted by molar-refractivity contribution is 0.102. The summed E-state index contributed by atoms with van der Waals surface area (Å²) in [5, 5.41) is 3.50. The lowest BCUT2D eigenvalue weighted by Gasteiger charge is -2.09. The first kappa shape index (κ1) is 12.3. The highest BCUT2D eigenvalue weighted by atomic mass is 79.9. The minimum atomic E-state index is 0.0974. The normalized spacial score (nSPS) is 11.1. The second-order valence-electron chi connectivity index (χ2n) is 4.56. The van der Waals surface area contributed by atoms with Gasteiger partial charge in [-0.1, -0.05) is 52.3 Å². The summed E-state index contributed by atoms with van der Waals surface area (Å²) in [5.41, 5.74) is 2.59. The first-order valence-electron chi connectivity index (χ1n) is 6.08. The third kappa shape index (κ3) is 1.94. The summed E-state index contributed by atoms with van der Waals surface area (Å²) in [6.45, 7) is 1.93. The number of Topliss-reactive ketones (excluding diaryl/α,β-unsaturated/α-hetero) is 1. The summed E-state index contributed by atoms with van der Waals surface area (Å²) < 4.78 is 0. The van der Waals surface area contributed by atoms with Gasteiger partial charge in [-0.15, -0.1) is 0 Å². The Morgan fingerprint density at radius 2 is 1.95 bits per heavy atom. The van der Waals surface area contributed by atoms with Crippen LogP contribution in [0.25, 0.3) is 21.7 Å². The van der Waals surface area contributed by atoms with E-state index in [2.05, 4.69) is 27.0 Å². The van der Waals surface area contributed by atoms with E-state index in [4.69, 9.17) is 0 Å². The van der Waals surface area contributed by atoms with E-state index in [9.17, 15) is 4.79 Å². The number of nitrogens with zero attached hydrogens (tertiary/aromatic N) is 1. The van der Waals surface area contributed by atoms with Gasteiger partial charge in [0.25, 0.3) is 0 Å². The van der Waals surface area contributed by atoms with E-state index >= 15 is 0 Å². The summed E-state index contributed by atoms with van der Waals surface area (Å²) in [5.74, 6) is 0.0974. The number of hydrogen-bond donors (Lipinski definition) is 0. The molecule has 0 spiro atoms. The molecular formula is C16H12BrNO. The number of fused-ring (bicyclic) bond motifs is 3. The average molecular weight is 314 g/mol. The van der Waals surface area contributed by atoms with Crippen LogP contribution in [-0.4, -0.2) is 16.1 Å². The standard InChI is InChI=1S/C16H12BrNO/c1-10-9-18-16-12-5-3-2-4-11(12)6-7-13(16)15(10)14(19)8-17/h2-7,9H,8H2,1H3. The van der Waals surface area contributed by atoms with Gasteiger partial charge in [0.15, 0.2) is 5.78 Å². The van der Waals surface area contributed by atoms with Gasteiger partial charge in [0.05, 0.1) is 10.8 Å². The van der Waals surface area contributed by atoms with E-state index in [1.165, 1.54) is 0 Å². The number of carbonyl (C=O) groups excluding carboxylic acids is 1. The van der Waals surface area contributed by atoms with Crippen LogP contribution in [0.15, 0.2) is 42.6 Å². The number of ketones is 1. The zero-order valence-corrected chi connectivity index (χ0v) is 12.1. The van der Waals surface area contributed by atoms with Crippen LogP contribution in [0, 0.1) is 6.92 Å². The van der Waals surface area contributed by atoms with Crippen LogP contribution in [0.5, 0.6) is 0 Å². The van der Waals surface area contributed by atoms with Crippen LogP contribution in [-0.2, 0) is 0 Å². The first-order valence-corrected chi connectivity index (χ1v) is 7.20. The Hall–Kier alpha value is -1.74.